The average molecular weight is 510 g/mol. The van der Waals surface area contributed by atoms with Crippen LogP contribution in [0.2, 0.25) is 0 Å². The molecular weight excluding hydrogens is 479 g/mol. The molecule has 7 heteroatoms. The molecule has 6 nitrogen and oxygen atoms in total. The number of nitrogens with zero attached hydrogens (tertiary/aromatic N) is 2. The van der Waals surface area contributed by atoms with Crippen molar-refractivity contribution in [2.75, 3.05) is 27.2 Å². The van der Waals surface area contributed by atoms with Gasteiger partial charge in [0.15, 0.2) is 5.96 Å². The molecule has 2 aromatic carbocycles. The van der Waals surface area contributed by atoms with E-state index in [1.165, 1.54) is 0 Å². The number of nitrogens with one attached hydrogen (secondary N) is 2. The van der Waals surface area contributed by atoms with Crippen molar-refractivity contribution in [3.63, 3.8) is 0 Å². The maximum atomic E-state index is 11.9. The number of carbonyl (C=O) groups excluding carboxylic acids is 1. The number of aliphatic hydroxyl groups excluding tert-OH is 1. The van der Waals surface area contributed by atoms with Gasteiger partial charge in [0.25, 0.3) is 5.91 Å². The smallest absolute Gasteiger partial charge is 0.253 e. The number of halogens is 1. The van der Waals surface area contributed by atoms with E-state index in [-0.39, 0.29) is 29.9 Å². The van der Waals surface area contributed by atoms with Crippen molar-refractivity contribution in [2.24, 2.45) is 4.99 Å². The summed E-state index contributed by atoms with van der Waals surface area (Å²) in [6, 6.07) is 17.1. The van der Waals surface area contributed by atoms with Gasteiger partial charge in [-0.05, 0) is 36.6 Å². The Morgan fingerprint density at radius 3 is 2.31 bits per heavy atom. The van der Waals surface area contributed by atoms with E-state index in [1.54, 1.807) is 19.0 Å². The minimum Gasteiger partial charge on any atom is -0.388 e. The summed E-state index contributed by atoms with van der Waals surface area (Å²) in [4.78, 5) is 18.1. The summed E-state index contributed by atoms with van der Waals surface area (Å²) in [5.41, 5.74) is 2.60. The van der Waals surface area contributed by atoms with Crippen LogP contribution in [0.5, 0.6) is 0 Å². The van der Waals surface area contributed by atoms with Crippen molar-refractivity contribution < 1.29 is 9.90 Å². The number of benzene rings is 2. The molecule has 0 fully saturated rings. The van der Waals surface area contributed by atoms with Gasteiger partial charge in [-0.2, -0.15) is 0 Å². The van der Waals surface area contributed by atoms with Crippen molar-refractivity contribution in [3.05, 3.63) is 71.3 Å². The van der Waals surface area contributed by atoms with Crippen LogP contribution in [0, 0.1) is 0 Å². The first-order valence-corrected chi connectivity index (χ1v) is 9.57. The summed E-state index contributed by atoms with van der Waals surface area (Å²) in [5, 5.41) is 16.7. The van der Waals surface area contributed by atoms with Gasteiger partial charge in [0.05, 0.1) is 12.6 Å². The molecule has 1 unspecified atom stereocenters. The summed E-state index contributed by atoms with van der Waals surface area (Å²) < 4.78 is 0. The van der Waals surface area contributed by atoms with Gasteiger partial charge in [0, 0.05) is 32.7 Å². The Morgan fingerprint density at radius 2 is 1.72 bits per heavy atom. The fourth-order valence-corrected chi connectivity index (χ4v) is 2.69. The maximum absolute atomic E-state index is 11.9. The van der Waals surface area contributed by atoms with E-state index >= 15 is 0 Å². The second-order valence-corrected chi connectivity index (χ2v) is 6.73. The largest absolute Gasteiger partial charge is 0.388 e. The van der Waals surface area contributed by atoms with Gasteiger partial charge >= 0.3 is 0 Å². The van der Waals surface area contributed by atoms with E-state index in [1.807, 2.05) is 61.5 Å². The van der Waals surface area contributed by atoms with Crippen LogP contribution >= 0.6 is 24.0 Å². The second kappa shape index (κ2) is 13.2. The summed E-state index contributed by atoms with van der Waals surface area (Å²) in [6.45, 7) is 3.88. The first-order valence-electron chi connectivity index (χ1n) is 9.57. The molecule has 0 radical (unpaired) electrons. The Morgan fingerprint density at radius 1 is 1.07 bits per heavy atom. The van der Waals surface area contributed by atoms with Gasteiger partial charge < -0.3 is 20.6 Å². The van der Waals surface area contributed by atoms with Gasteiger partial charge in [0.1, 0.15) is 0 Å². The lowest BCUT2D eigenvalue weighted by Gasteiger charge is -2.14. The first kappa shape index (κ1) is 24.9. The molecule has 0 aliphatic rings. The number of carbonyl (C=O) groups is 1. The molecule has 0 saturated heterocycles. The lowest BCUT2D eigenvalue weighted by atomic mass is 10.1. The molecule has 0 saturated carbocycles. The summed E-state index contributed by atoms with van der Waals surface area (Å²) >= 11 is 0. The molecule has 0 spiro atoms. The van der Waals surface area contributed by atoms with Crippen LogP contribution in [0.4, 0.5) is 0 Å². The van der Waals surface area contributed by atoms with Crippen LogP contribution in [0.15, 0.2) is 59.6 Å². The molecule has 158 valence electrons. The van der Waals surface area contributed by atoms with E-state index in [0.29, 0.717) is 31.0 Å². The number of guanidine groups is 1. The zero-order valence-corrected chi connectivity index (χ0v) is 19.6. The highest BCUT2D eigenvalue weighted by Gasteiger charge is 2.08. The number of amides is 1. The van der Waals surface area contributed by atoms with Gasteiger partial charge in [-0.25, -0.2) is 4.99 Å². The standard InChI is InChI=1S/C22H30N4O2.HI/c1-4-23-22(24-15-14-20(27)18-8-6-5-7-9-18)25-16-17-10-12-19(13-11-17)21(28)26(2)3;/h5-13,20,27H,4,14-16H2,1-3H3,(H2,23,24,25);1H. The number of aliphatic imine (C=N–C) groups is 1. The van der Waals surface area contributed by atoms with Gasteiger partial charge in [-0.15, -0.1) is 24.0 Å². The van der Waals surface area contributed by atoms with Crippen molar-refractivity contribution in [1.29, 1.82) is 0 Å². The van der Waals surface area contributed by atoms with Crippen LogP contribution in [0.25, 0.3) is 0 Å². The molecular formula is C22H31IN4O2. The zero-order valence-electron chi connectivity index (χ0n) is 17.3. The van der Waals surface area contributed by atoms with Gasteiger partial charge in [0.2, 0.25) is 0 Å². The Balaban J connectivity index is 0.00000420. The predicted octanol–water partition coefficient (Wildman–Crippen LogP) is 3.19. The fourth-order valence-electron chi connectivity index (χ4n) is 2.69. The van der Waals surface area contributed by atoms with Crippen molar-refractivity contribution in [2.45, 2.75) is 26.0 Å². The van der Waals surface area contributed by atoms with Crippen molar-refractivity contribution in [1.82, 2.24) is 15.5 Å². The minimum absolute atomic E-state index is 0. The molecule has 0 aromatic heterocycles. The average Bonchev–Trinajstić information content (AvgIpc) is 2.72. The van der Waals surface area contributed by atoms with Crippen LogP contribution < -0.4 is 10.6 Å². The number of hydrogen-bond acceptors (Lipinski definition) is 3. The highest BCUT2D eigenvalue weighted by molar-refractivity contribution is 14.0. The molecule has 0 aliphatic carbocycles. The van der Waals surface area contributed by atoms with Crippen LogP contribution in [0.1, 0.15) is 40.9 Å². The summed E-state index contributed by atoms with van der Waals surface area (Å²) in [5.74, 6) is 0.693. The van der Waals surface area contributed by atoms with Crippen molar-refractivity contribution >= 4 is 35.8 Å². The van der Waals surface area contributed by atoms with E-state index in [4.69, 9.17) is 0 Å². The molecule has 2 aromatic rings. The van der Waals surface area contributed by atoms with E-state index in [2.05, 4.69) is 15.6 Å². The fraction of sp³-hybridized carbons (Fsp3) is 0.364. The highest BCUT2D eigenvalue weighted by Crippen LogP contribution is 2.14. The highest BCUT2D eigenvalue weighted by atomic mass is 127. The minimum atomic E-state index is -0.502. The normalized spacial score (nSPS) is 11.9. The summed E-state index contributed by atoms with van der Waals surface area (Å²) in [6.07, 6.45) is 0.0915. The van der Waals surface area contributed by atoms with Gasteiger partial charge in [-0.1, -0.05) is 42.5 Å². The van der Waals surface area contributed by atoms with Crippen LogP contribution in [-0.2, 0) is 6.54 Å². The third-order valence-electron chi connectivity index (χ3n) is 4.27. The lowest BCUT2D eigenvalue weighted by Crippen LogP contribution is -2.38. The molecule has 29 heavy (non-hydrogen) atoms. The molecule has 3 N–H and O–H groups in total. The van der Waals surface area contributed by atoms with Gasteiger partial charge in [-0.3, -0.25) is 4.79 Å². The third-order valence-corrected chi connectivity index (χ3v) is 4.27. The topological polar surface area (TPSA) is 77.0 Å². The molecule has 0 heterocycles. The number of aliphatic hydroxyl groups is 1. The zero-order chi connectivity index (χ0) is 20.4. The maximum Gasteiger partial charge on any atom is 0.253 e. The Bertz CT molecular complexity index is 764. The van der Waals surface area contributed by atoms with Crippen LogP contribution in [-0.4, -0.2) is 49.1 Å². The molecule has 1 atom stereocenters. The third kappa shape index (κ3) is 8.41. The Labute approximate surface area is 190 Å². The Kier molecular flexibility index (Phi) is 11.3. The quantitative estimate of drug-likeness (QED) is 0.290. The van der Waals surface area contributed by atoms with E-state index in [0.717, 1.165) is 17.7 Å². The second-order valence-electron chi connectivity index (χ2n) is 6.73. The molecule has 0 aliphatic heterocycles. The van der Waals surface area contributed by atoms with Crippen LogP contribution in [0.3, 0.4) is 0 Å². The molecule has 0 bridgehead atoms. The monoisotopic (exact) mass is 510 g/mol. The number of hydrogen-bond donors (Lipinski definition) is 3. The summed E-state index contributed by atoms with van der Waals surface area (Å²) in [7, 11) is 3.48. The van der Waals surface area contributed by atoms with E-state index < -0.39 is 6.10 Å². The predicted molar refractivity (Wildman–Crippen MR) is 129 cm³/mol. The van der Waals surface area contributed by atoms with Crippen molar-refractivity contribution in [3.8, 4) is 0 Å². The number of rotatable bonds is 8. The molecule has 1 amide bonds. The SMILES string of the molecule is CCNC(=NCc1ccc(C(=O)N(C)C)cc1)NCCC(O)c1ccccc1.I. The van der Waals surface area contributed by atoms with E-state index in [9.17, 15) is 9.90 Å². The first-order chi connectivity index (χ1) is 13.5. The lowest BCUT2D eigenvalue weighted by molar-refractivity contribution is 0.0827. The molecule has 2 rings (SSSR count). The Hall–Kier alpha value is -2.13.